The zero-order chi connectivity index (χ0) is 27.5. The van der Waals surface area contributed by atoms with Crippen molar-refractivity contribution >= 4 is 28.1 Å². The van der Waals surface area contributed by atoms with Gasteiger partial charge < -0.3 is 24.7 Å². The summed E-state index contributed by atoms with van der Waals surface area (Å²) in [5.74, 6) is 0.496. The molecule has 3 aromatic heterocycles. The Morgan fingerprint density at radius 2 is 1.92 bits per heavy atom. The van der Waals surface area contributed by atoms with Crippen LogP contribution in [0.1, 0.15) is 42.8 Å². The molecule has 38 heavy (non-hydrogen) atoms. The lowest BCUT2D eigenvalue weighted by molar-refractivity contribution is -0.132. The number of fused-ring (bicyclic) bond motifs is 2. The second kappa shape index (κ2) is 9.21. The minimum absolute atomic E-state index is 0.00456. The monoisotopic (exact) mass is 523 g/mol. The molecule has 0 saturated carbocycles. The van der Waals surface area contributed by atoms with E-state index in [9.17, 15) is 24.6 Å². The molecule has 1 saturated heterocycles. The lowest BCUT2D eigenvalue weighted by atomic mass is 9.91. The predicted octanol–water partition coefficient (Wildman–Crippen LogP) is 0.445. The zero-order valence-corrected chi connectivity index (χ0v) is 22.2. The number of carbonyl (C=O) groups is 1. The zero-order valence-electron chi connectivity index (χ0n) is 22.2. The topological polar surface area (TPSA) is 151 Å². The quantitative estimate of drug-likeness (QED) is 0.351. The number of β-amino-alcohol motifs (C(OH)–C–C–N with tert-alkyl or cyclic N) is 1. The van der Waals surface area contributed by atoms with Gasteiger partial charge in [-0.3, -0.25) is 18.7 Å². The molecule has 0 spiro atoms. The number of aliphatic hydroxyl groups is 2. The van der Waals surface area contributed by atoms with Gasteiger partial charge in [-0.05, 0) is 38.0 Å². The summed E-state index contributed by atoms with van der Waals surface area (Å²) in [4.78, 5) is 52.5. The molecule has 0 bridgehead atoms. The molecule has 12 nitrogen and oxygen atoms in total. The van der Waals surface area contributed by atoms with Crippen LogP contribution in [0.2, 0.25) is 0 Å². The van der Waals surface area contributed by atoms with Gasteiger partial charge in [-0.15, -0.1) is 0 Å². The van der Waals surface area contributed by atoms with Gasteiger partial charge in [-0.2, -0.15) is 0 Å². The van der Waals surface area contributed by atoms with E-state index in [-0.39, 0.29) is 43.0 Å². The van der Waals surface area contributed by atoms with Crippen molar-refractivity contribution in [2.24, 2.45) is 14.1 Å². The molecule has 1 fully saturated rings. The number of aliphatic hydroxyl groups excluding tert-OH is 1. The van der Waals surface area contributed by atoms with E-state index in [0.29, 0.717) is 12.2 Å². The number of rotatable bonds is 4. The van der Waals surface area contributed by atoms with Crippen LogP contribution in [0, 0.1) is 13.8 Å². The number of imidazole rings is 2. The van der Waals surface area contributed by atoms with Gasteiger partial charge in [0, 0.05) is 46.4 Å². The number of benzene rings is 1. The molecule has 202 valence electrons. The van der Waals surface area contributed by atoms with Gasteiger partial charge in [-0.25, -0.2) is 14.8 Å². The van der Waals surface area contributed by atoms with Crippen molar-refractivity contribution in [2.45, 2.75) is 57.8 Å². The normalized spacial score (nSPS) is 22.3. The van der Waals surface area contributed by atoms with Gasteiger partial charge >= 0.3 is 5.69 Å². The van der Waals surface area contributed by atoms with E-state index in [4.69, 9.17) is 0 Å². The maximum Gasteiger partial charge on any atom is 0.332 e. The molecule has 12 heteroatoms. The van der Waals surface area contributed by atoms with Gasteiger partial charge in [-0.1, -0.05) is 6.07 Å². The molecule has 3 N–H and O–H groups in total. The molecule has 4 heterocycles. The molecule has 5 rings (SSSR count). The standard InChI is InChI=1S/C26H33N7O5/c1-14-8-15(2)21-17(9-14)28-19(29-21)6-7-20(35)32-11-16(34)10-26(3,38)18(12-32)33-13-27-23-22(33)24(36)31(5)25(37)30(23)4/h8-9,13,16,18,34,38H,6-7,10-12H2,1-5H3,(H,28,29)/t16-,18+,26+/m0/s1. The lowest BCUT2D eigenvalue weighted by Crippen LogP contribution is -2.44. The second-order valence-corrected chi connectivity index (χ2v) is 10.7. The molecular weight excluding hydrogens is 490 g/mol. The van der Waals surface area contributed by atoms with Crippen LogP contribution in [0.5, 0.6) is 0 Å². The maximum absolute atomic E-state index is 13.4. The Balaban J connectivity index is 1.44. The van der Waals surface area contributed by atoms with E-state index < -0.39 is 29.0 Å². The third kappa shape index (κ3) is 4.33. The number of likely N-dealkylation sites (tertiary alicyclic amines) is 1. The van der Waals surface area contributed by atoms with Crippen LogP contribution in [-0.2, 0) is 25.3 Å². The number of aryl methyl sites for hydroxylation is 4. The fourth-order valence-corrected chi connectivity index (χ4v) is 5.63. The Morgan fingerprint density at radius 3 is 2.66 bits per heavy atom. The molecule has 1 amide bonds. The summed E-state index contributed by atoms with van der Waals surface area (Å²) in [6, 6.07) is 3.30. The predicted molar refractivity (Wildman–Crippen MR) is 141 cm³/mol. The molecule has 1 aromatic carbocycles. The second-order valence-electron chi connectivity index (χ2n) is 10.7. The van der Waals surface area contributed by atoms with Crippen LogP contribution in [0.3, 0.4) is 0 Å². The smallest absolute Gasteiger partial charge is 0.332 e. The van der Waals surface area contributed by atoms with E-state index in [1.165, 1.54) is 34.5 Å². The van der Waals surface area contributed by atoms with Crippen LogP contribution in [-0.4, -0.2) is 74.5 Å². The summed E-state index contributed by atoms with van der Waals surface area (Å²) < 4.78 is 3.78. The third-order valence-electron chi connectivity index (χ3n) is 7.60. The molecular formula is C26H33N7O5. The van der Waals surface area contributed by atoms with Gasteiger partial charge in [0.15, 0.2) is 11.2 Å². The van der Waals surface area contributed by atoms with Crippen molar-refractivity contribution in [3.8, 4) is 0 Å². The number of aromatic amines is 1. The van der Waals surface area contributed by atoms with Crippen LogP contribution in [0.25, 0.3) is 22.2 Å². The summed E-state index contributed by atoms with van der Waals surface area (Å²) in [5, 5.41) is 22.1. The number of nitrogens with zero attached hydrogens (tertiary/aromatic N) is 6. The molecule has 3 atom stereocenters. The fourth-order valence-electron chi connectivity index (χ4n) is 5.63. The minimum atomic E-state index is -1.46. The molecule has 1 aliphatic rings. The first-order chi connectivity index (χ1) is 17.9. The van der Waals surface area contributed by atoms with Gasteiger partial charge in [0.1, 0.15) is 5.82 Å². The summed E-state index contributed by atoms with van der Waals surface area (Å²) in [6.45, 7) is 5.70. The number of nitrogens with one attached hydrogen (secondary N) is 1. The number of carbonyl (C=O) groups excluding carboxylic acids is 1. The Morgan fingerprint density at radius 1 is 1.18 bits per heavy atom. The number of hydrogen-bond acceptors (Lipinski definition) is 7. The van der Waals surface area contributed by atoms with Gasteiger partial charge in [0.05, 0.1) is 35.1 Å². The Hall–Kier alpha value is -3.77. The highest BCUT2D eigenvalue weighted by molar-refractivity contribution is 5.80. The molecule has 0 unspecified atom stereocenters. The number of H-pyrrole nitrogens is 1. The highest BCUT2D eigenvalue weighted by Gasteiger charge is 2.42. The largest absolute Gasteiger partial charge is 0.391 e. The first-order valence-corrected chi connectivity index (χ1v) is 12.6. The first-order valence-electron chi connectivity index (χ1n) is 12.6. The SMILES string of the molecule is Cc1cc(C)c2nc(CCC(=O)N3C[C@@H](O)C[C@@](C)(O)[C@H](n4cnc5c4c(=O)n(C)c(=O)n5C)C3)[nH]c2c1. The van der Waals surface area contributed by atoms with Crippen molar-refractivity contribution in [3.63, 3.8) is 0 Å². The third-order valence-corrected chi connectivity index (χ3v) is 7.60. The van der Waals surface area contributed by atoms with Gasteiger partial charge in [0.25, 0.3) is 5.56 Å². The summed E-state index contributed by atoms with van der Waals surface area (Å²) in [5.41, 5.74) is 1.80. The van der Waals surface area contributed by atoms with Crippen molar-refractivity contribution < 1.29 is 15.0 Å². The van der Waals surface area contributed by atoms with Crippen molar-refractivity contribution in [1.82, 2.24) is 33.6 Å². The lowest BCUT2D eigenvalue weighted by Gasteiger charge is -2.34. The molecule has 0 radical (unpaired) electrons. The minimum Gasteiger partial charge on any atom is -0.391 e. The average molecular weight is 524 g/mol. The van der Waals surface area contributed by atoms with Crippen molar-refractivity contribution in [3.05, 3.63) is 56.2 Å². The van der Waals surface area contributed by atoms with E-state index in [1.807, 2.05) is 19.9 Å². The van der Waals surface area contributed by atoms with Crippen molar-refractivity contribution in [1.29, 1.82) is 0 Å². The van der Waals surface area contributed by atoms with E-state index >= 15 is 0 Å². The van der Waals surface area contributed by atoms with E-state index in [2.05, 4.69) is 21.0 Å². The number of amides is 1. The summed E-state index contributed by atoms with van der Waals surface area (Å²) in [7, 11) is 2.90. The molecule has 4 aromatic rings. The fraction of sp³-hybridized carbons (Fsp3) is 0.500. The molecule has 0 aliphatic carbocycles. The highest BCUT2D eigenvalue weighted by Crippen LogP contribution is 2.33. The van der Waals surface area contributed by atoms with Crippen LogP contribution < -0.4 is 11.2 Å². The average Bonchev–Trinajstić information content (AvgIpc) is 3.43. The number of hydrogen-bond donors (Lipinski definition) is 3. The van der Waals surface area contributed by atoms with Crippen LogP contribution >= 0.6 is 0 Å². The Kier molecular flexibility index (Phi) is 6.27. The summed E-state index contributed by atoms with van der Waals surface area (Å²) in [6.07, 6.45) is 0.980. The van der Waals surface area contributed by atoms with Crippen LogP contribution in [0.4, 0.5) is 0 Å². The van der Waals surface area contributed by atoms with Crippen LogP contribution in [0.15, 0.2) is 28.0 Å². The first kappa shape index (κ1) is 25.9. The van der Waals surface area contributed by atoms with E-state index in [0.717, 1.165) is 26.7 Å². The summed E-state index contributed by atoms with van der Waals surface area (Å²) >= 11 is 0. The Labute approximate surface area is 218 Å². The number of aromatic nitrogens is 6. The molecule has 1 aliphatic heterocycles. The maximum atomic E-state index is 13.4. The highest BCUT2D eigenvalue weighted by atomic mass is 16.3. The van der Waals surface area contributed by atoms with Crippen molar-refractivity contribution in [2.75, 3.05) is 13.1 Å². The van der Waals surface area contributed by atoms with Gasteiger partial charge in [0.2, 0.25) is 5.91 Å². The Bertz CT molecular complexity index is 1680. The van der Waals surface area contributed by atoms with E-state index in [1.54, 1.807) is 6.92 Å².